The van der Waals surface area contributed by atoms with Crippen molar-refractivity contribution in [2.24, 2.45) is 5.41 Å². The molecule has 0 bridgehead atoms. The van der Waals surface area contributed by atoms with Gasteiger partial charge in [0.2, 0.25) is 0 Å². The van der Waals surface area contributed by atoms with Gasteiger partial charge in [0.05, 0.1) is 17.8 Å². The number of pyridine rings is 1. The zero-order chi connectivity index (χ0) is 14.3. The average Bonchev–Trinajstić information content (AvgIpc) is 2.55. The second-order valence-corrected chi connectivity index (χ2v) is 6.52. The van der Waals surface area contributed by atoms with Gasteiger partial charge in [0.15, 0.2) is 0 Å². The van der Waals surface area contributed by atoms with Gasteiger partial charge in [0.1, 0.15) is 11.9 Å². The average molecular weight is 283 g/mol. The lowest BCUT2D eigenvalue weighted by atomic mass is 9.56. The molecule has 1 N–H and O–H groups in total. The van der Waals surface area contributed by atoms with Crippen molar-refractivity contribution < 1.29 is 9.84 Å². The van der Waals surface area contributed by atoms with Crippen LogP contribution in [0.5, 0.6) is 5.75 Å². The summed E-state index contributed by atoms with van der Waals surface area (Å²) in [4.78, 5) is 4.46. The van der Waals surface area contributed by atoms with Crippen LogP contribution in [0.1, 0.15) is 38.5 Å². The van der Waals surface area contributed by atoms with Crippen LogP contribution in [0.25, 0.3) is 10.9 Å². The van der Waals surface area contributed by atoms with Crippen molar-refractivity contribution in [2.75, 3.05) is 0 Å². The normalized spacial score (nSPS) is 27.5. The van der Waals surface area contributed by atoms with E-state index in [2.05, 4.69) is 17.1 Å². The Balaban J connectivity index is 1.57. The number of benzene rings is 1. The van der Waals surface area contributed by atoms with Crippen LogP contribution < -0.4 is 4.74 Å². The van der Waals surface area contributed by atoms with Crippen molar-refractivity contribution in [3.05, 3.63) is 36.5 Å². The highest BCUT2D eigenvalue weighted by atomic mass is 16.5. The molecule has 1 aromatic heterocycles. The molecule has 3 heteroatoms. The van der Waals surface area contributed by atoms with Crippen LogP contribution in [0.15, 0.2) is 36.5 Å². The van der Waals surface area contributed by atoms with E-state index in [1.807, 2.05) is 24.4 Å². The summed E-state index contributed by atoms with van der Waals surface area (Å²) in [5.41, 5.74) is 0.995. The molecule has 0 aliphatic heterocycles. The van der Waals surface area contributed by atoms with E-state index in [0.29, 0.717) is 0 Å². The third kappa shape index (κ3) is 2.11. The number of aromatic nitrogens is 1. The first-order chi connectivity index (χ1) is 10.3. The first kappa shape index (κ1) is 13.1. The van der Waals surface area contributed by atoms with E-state index in [9.17, 15) is 5.11 Å². The van der Waals surface area contributed by atoms with E-state index in [-0.39, 0.29) is 17.6 Å². The van der Waals surface area contributed by atoms with E-state index in [1.54, 1.807) is 0 Å². The van der Waals surface area contributed by atoms with Gasteiger partial charge in [-0.1, -0.05) is 37.5 Å². The van der Waals surface area contributed by atoms with Gasteiger partial charge in [0, 0.05) is 17.2 Å². The molecule has 2 saturated carbocycles. The molecule has 2 fully saturated rings. The second kappa shape index (κ2) is 4.99. The predicted octanol–water partition coefficient (Wildman–Crippen LogP) is 3.70. The highest BCUT2D eigenvalue weighted by molar-refractivity contribution is 5.79. The Bertz CT molecular complexity index is 648. The summed E-state index contributed by atoms with van der Waals surface area (Å²) in [6.45, 7) is 0. The maximum atomic E-state index is 10.2. The number of nitrogens with zero attached hydrogens (tertiary/aromatic N) is 1. The van der Waals surface area contributed by atoms with E-state index in [1.165, 1.54) is 19.3 Å². The van der Waals surface area contributed by atoms with Crippen LogP contribution in [-0.4, -0.2) is 22.3 Å². The smallest absolute Gasteiger partial charge is 0.138 e. The molecule has 2 aliphatic carbocycles. The Labute approximate surface area is 125 Å². The Kier molecular flexibility index (Phi) is 3.11. The summed E-state index contributed by atoms with van der Waals surface area (Å²) in [5.74, 6) is 0.829. The number of fused-ring (bicyclic) bond motifs is 1. The van der Waals surface area contributed by atoms with Crippen molar-refractivity contribution in [1.82, 2.24) is 4.98 Å². The highest BCUT2D eigenvalue weighted by Crippen LogP contribution is 2.53. The van der Waals surface area contributed by atoms with Crippen molar-refractivity contribution in [3.63, 3.8) is 0 Å². The fourth-order valence-electron chi connectivity index (χ4n) is 4.04. The molecule has 3 nitrogen and oxygen atoms in total. The van der Waals surface area contributed by atoms with Crippen molar-refractivity contribution >= 4 is 10.9 Å². The van der Waals surface area contributed by atoms with Gasteiger partial charge in [-0.15, -0.1) is 0 Å². The van der Waals surface area contributed by atoms with Crippen LogP contribution in [-0.2, 0) is 0 Å². The zero-order valence-corrected chi connectivity index (χ0v) is 12.2. The lowest BCUT2D eigenvalue weighted by Gasteiger charge is -2.55. The summed E-state index contributed by atoms with van der Waals surface area (Å²) in [5, 5.41) is 11.4. The molecule has 1 heterocycles. The molecule has 2 atom stereocenters. The van der Waals surface area contributed by atoms with E-state index >= 15 is 0 Å². The topological polar surface area (TPSA) is 42.4 Å². The summed E-state index contributed by atoms with van der Waals surface area (Å²) in [7, 11) is 0. The predicted molar refractivity (Wildman–Crippen MR) is 82.3 cm³/mol. The van der Waals surface area contributed by atoms with Crippen molar-refractivity contribution in [1.29, 1.82) is 0 Å². The summed E-state index contributed by atoms with van der Waals surface area (Å²) >= 11 is 0. The molecule has 1 spiro atoms. The third-order valence-electron chi connectivity index (χ3n) is 5.37. The standard InChI is InChI=1S/C18H21NO2/c20-16-11-17(18(16)8-4-1-5-9-18)21-14-10-13-6-2-3-7-15(13)19-12-14/h2-3,6-7,10,12,16-17,20H,1,4-5,8-9,11H2. The van der Waals surface area contributed by atoms with Gasteiger partial charge in [-0.05, 0) is 25.0 Å². The Morgan fingerprint density at radius 3 is 2.76 bits per heavy atom. The molecule has 4 rings (SSSR count). The summed E-state index contributed by atoms with van der Waals surface area (Å²) in [6.07, 6.45) is 8.45. The van der Waals surface area contributed by atoms with E-state index < -0.39 is 0 Å². The number of para-hydroxylation sites is 1. The fraction of sp³-hybridized carbons (Fsp3) is 0.500. The quantitative estimate of drug-likeness (QED) is 0.914. The summed E-state index contributed by atoms with van der Waals surface area (Å²) in [6, 6.07) is 10.1. The number of hydrogen-bond acceptors (Lipinski definition) is 3. The molecule has 1 aromatic carbocycles. The molecule has 0 amide bonds. The van der Waals surface area contributed by atoms with Crippen LogP contribution >= 0.6 is 0 Å². The Morgan fingerprint density at radius 2 is 1.95 bits per heavy atom. The monoisotopic (exact) mass is 283 g/mol. The molecule has 2 aliphatic rings. The molecule has 2 aromatic rings. The van der Waals surface area contributed by atoms with Gasteiger partial charge >= 0.3 is 0 Å². The second-order valence-electron chi connectivity index (χ2n) is 6.52. The number of aliphatic hydroxyl groups excluding tert-OH is 1. The molecule has 110 valence electrons. The number of aliphatic hydroxyl groups is 1. The maximum Gasteiger partial charge on any atom is 0.138 e. The van der Waals surface area contributed by atoms with Crippen molar-refractivity contribution in [2.45, 2.75) is 50.7 Å². The van der Waals surface area contributed by atoms with Crippen LogP contribution in [0.3, 0.4) is 0 Å². The van der Waals surface area contributed by atoms with Crippen LogP contribution in [0.2, 0.25) is 0 Å². The molecule has 0 saturated heterocycles. The minimum absolute atomic E-state index is 0.00386. The van der Waals surface area contributed by atoms with Gasteiger partial charge in [-0.25, -0.2) is 0 Å². The van der Waals surface area contributed by atoms with Gasteiger partial charge < -0.3 is 9.84 Å². The van der Waals surface area contributed by atoms with Gasteiger partial charge in [-0.3, -0.25) is 4.98 Å². The highest BCUT2D eigenvalue weighted by Gasteiger charge is 2.56. The van der Waals surface area contributed by atoms with Crippen molar-refractivity contribution in [3.8, 4) is 5.75 Å². The zero-order valence-electron chi connectivity index (χ0n) is 12.2. The SMILES string of the molecule is OC1CC(Oc2cnc3ccccc3c2)C12CCCCC2. The third-order valence-corrected chi connectivity index (χ3v) is 5.37. The van der Waals surface area contributed by atoms with Crippen LogP contribution in [0, 0.1) is 5.41 Å². The van der Waals surface area contributed by atoms with Crippen LogP contribution in [0.4, 0.5) is 0 Å². The first-order valence-electron chi connectivity index (χ1n) is 7.97. The molecule has 21 heavy (non-hydrogen) atoms. The Hall–Kier alpha value is -1.61. The lowest BCUT2D eigenvalue weighted by Crippen LogP contribution is -2.60. The lowest BCUT2D eigenvalue weighted by molar-refractivity contribution is -0.172. The molecular weight excluding hydrogens is 262 g/mol. The maximum absolute atomic E-state index is 10.2. The Morgan fingerprint density at radius 1 is 1.14 bits per heavy atom. The number of rotatable bonds is 2. The van der Waals surface area contributed by atoms with Gasteiger partial charge in [0.25, 0.3) is 0 Å². The molecule has 0 radical (unpaired) electrons. The largest absolute Gasteiger partial charge is 0.488 e. The molecular formula is C18H21NO2. The summed E-state index contributed by atoms with van der Waals surface area (Å²) < 4.78 is 6.20. The minimum atomic E-state index is -0.184. The number of hydrogen-bond donors (Lipinski definition) is 1. The first-order valence-corrected chi connectivity index (χ1v) is 7.97. The number of ether oxygens (including phenoxy) is 1. The molecule has 2 unspecified atom stereocenters. The fourth-order valence-corrected chi connectivity index (χ4v) is 4.04. The van der Waals surface area contributed by atoms with E-state index in [0.717, 1.165) is 35.9 Å². The van der Waals surface area contributed by atoms with E-state index in [4.69, 9.17) is 4.74 Å². The minimum Gasteiger partial charge on any atom is -0.488 e. The van der Waals surface area contributed by atoms with Gasteiger partial charge in [-0.2, -0.15) is 0 Å².